The van der Waals surface area contributed by atoms with Crippen LogP contribution in [0.25, 0.3) is 22.3 Å². The zero-order valence-corrected chi connectivity index (χ0v) is 37.7. The summed E-state index contributed by atoms with van der Waals surface area (Å²) < 4.78 is 35.2. The molecule has 3 aliphatic heterocycles. The number of nitrogens with zero attached hydrogens (tertiary/aromatic N) is 5. The molecule has 16 nitrogen and oxygen atoms in total. The molecule has 0 unspecified atom stereocenters. The van der Waals surface area contributed by atoms with Gasteiger partial charge in [-0.2, -0.15) is 5.10 Å². The van der Waals surface area contributed by atoms with Gasteiger partial charge in [-0.05, 0) is 87.3 Å². The fraction of sp³-hybridized carbons (Fsp3) is 0.440. The average molecular weight is 898 g/mol. The van der Waals surface area contributed by atoms with Crippen LogP contribution in [0.3, 0.4) is 0 Å². The third kappa shape index (κ3) is 8.21. The Morgan fingerprint density at radius 1 is 0.894 bits per heavy atom. The number of fused-ring (bicyclic) bond motifs is 3. The van der Waals surface area contributed by atoms with Crippen LogP contribution in [-0.4, -0.2) is 101 Å². The molecular weight excluding hydrogens is 843 g/mol. The van der Waals surface area contributed by atoms with E-state index in [2.05, 4.69) is 20.3 Å². The summed E-state index contributed by atoms with van der Waals surface area (Å²) in [6, 6.07) is 17.9. The predicted molar refractivity (Wildman–Crippen MR) is 244 cm³/mol. The Balaban J connectivity index is 0.883. The van der Waals surface area contributed by atoms with Crippen molar-refractivity contribution in [2.75, 3.05) is 40.7 Å². The highest BCUT2D eigenvalue weighted by molar-refractivity contribution is 6.07. The highest BCUT2D eigenvalue weighted by Crippen LogP contribution is 2.49. The molecule has 1 saturated heterocycles. The molecule has 5 aromatic rings. The molecule has 0 spiro atoms. The van der Waals surface area contributed by atoms with Gasteiger partial charge in [-0.15, -0.1) is 0 Å². The molecule has 3 amide bonds. The van der Waals surface area contributed by atoms with Gasteiger partial charge in [0, 0.05) is 36.4 Å². The van der Waals surface area contributed by atoms with E-state index in [1.165, 1.54) is 6.33 Å². The van der Waals surface area contributed by atoms with Gasteiger partial charge in [0.25, 0.3) is 0 Å². The fourth-order valence-electron chi connectivity index (χ4n) is 10.0. The van der Waals surface area contributed by atoms with Crippen molar-refractivity contribution in [3.8, 4) is 45.8 Å². The van der Waals surface area contributed by atoms with E-state index in [0.29, 0.717) is 95.2 Å². The van der Waals surface area contributed by atoms with Crippen LogP contribution in [0.1, 0.15) is 81.0 Å². The maximum atomic E-state index is 14.7. The number of hydrogen-bond acceptors (Lipinski definition) is 12. The zero-order chi connectivity index (χ0) is 45.5. The summed E-state index contributed by atoms with van der Waals surface area (Å²) in [5.74, 6) is 2.91. The first-order chi connectivity index (χ1) is 32.2. The third-order valence-corrected chi connectivity index (χ3v) is 13.9. The van der Waals surface area contributed by atoms with Crippen molar-refractivity contribution in [1.82, 2.24) is 30.2 Å². The number of carbonyl (C=O) groups is 3. The maximum Gasteiger partial charge on any atom is 0.413 e. The molecule has 2 aromatic heterocycles. The molecule has 0 bridgehead atoms. The number of H-pyrrole nitrogens is 1. The molecule has 2 N–H and O–H groups in total. The SMILES string of the molecule is COc1ccc(C2=NN(C3CCN(C(=O)[C@H](NC(=O)Oc4c(C)[nH]c5c(-c6c(OCC7CC7)ccc7c6OCO7)ncnc45)[C@H](C)c4ccccc4)CC3)C(=O)[C@@H]3CCCC[C@H]23)cc1OC. The van der Waals surface area contributed by atoms with Gasteiger partial charge in [0.05, 0.1) is 49.4 Å². The van der Waals surface area contributed by atoms with Gasteiger partial charge in [-0.3, -0.25) is 9.59 Å². The van der Waals surface area contributed by atoms with E-state index >= 15 is 0 Å². The second kappa shape index (κ2) is 18.2. The Labute approximate surface area is 382 Å². The largest absolute Gasteiger partial charge is 0.493 e. The van der Waals surface area contributed by atoms with Gasteiger partial charge in [-0.25, -0.2) is 19.8 Å². The summed E-state index contributed by atoms with van der Waals surface area (Å²) in [5, 5.41) is 9.75. The van der Waals surface area contributed by atoms with Crippen molar-refractivity contribution < 1.29 is 42.8 Å². The molecule has 4 atom stereocenters. The molecule has 344 valence electrons. The molecule has 3 fully saturated rings. The van der Waals surface area contributed by atoms with Crippen molar-refractivity contribution in [2.24, 2.45) is 22.9 Å². The topological polar surface area (TPSA) is 179 Å². The zero-order valence-electron chi connectivity index (χ0n) is 37.7. The molecule has 2 aliphatic carbocycles. The van der Waals surface area contributed by atoms with Crippen molar-refractivity contribution in [3.05, 3.63) is 83.8 Å². The van der Waals surface area contributed by atoms with Crippen LogP contribution in [0.4, 0.5) is 4.79 Å². The average Bonchev–Trinajstić information content (AvgIpc) is 3.97. The molecular formula is C50H55N7O9. The van der Waals surface area contributed by atoms with E-state index in [4.69, 9.17) is 33.5 Å². The lowest BCUT2D eigenvalue weighted by Gasteiger charge is -2.44. The smallest absolute Gasteiger partial charge is 0.413 e. The Morgan fingerprint density at radius 2 is 1.65 bits per heavy atom. The van der Waals surface area contributed by atoms with E-state index in [1.54, 1.807) is 31.1 Å². The minimum atomic E-state index is -0.975. The van der Waals surface area contributed by atoms with E-state index in [-0.39, 0.29) is 42.2 Å². The standard InChI is InChI=1S/C50H55N7O9/c1-28(31-10-6-5-7-11-31)41(49(59)56-22-20-33(21-23-56)57-48(58)35-13-9-8-12-34(35)42(55-57)32-16-17-36(61-3)39(24-32)62-4)54-50(60)66-46-29(2)53-44-43(51-26-52-45(44)46)40-37(63-25-30-14-15-30)18-19-38-47(40)65-27-64-38/h5-7,10-11,16-19,24,26,28,30,33-35,41,53H,8-9,12-15,20-23,25,27H2,1-4H3,(H,54,60)/t28-,34+,35-,41-/m1/s1. The summed E-state index contributed by atoms with van der Waals surface area (Å²) in [5.41, 5.74) is 5.25. The number of benzene rings is 3. The van der Waals surface area contributed by atoms with Crippen molar-refractivity contribution >= 4 is 34.7 Å². The van der Waals surface area contributed by atoms with Crippen molar-refractivity contribution in [1.29, 1.82) is 0 Å². The Hall–Kier alpha value is -6.84. The molecule has 16 heteroatoms. The minimum absolute atomic E-state index is 0.0223. The number of ether oxygens (including phenoxy) is 6. The van der Waals surface area contributed by atoms with Gasteiger partial charge < -0.3 is 43.6 Å². The number of nitrogens with one attached hydrogen (secondary N) is 2. The second-order valence-corrected chi connectivity index (χ2v) is 18.0. The number of amides is 3. The number of hydrazone groups is 1. The van der Waals surface area contributed by atoms with Crippen LogP contribution < -0.4 is 33.7 Å². The van der Waals surface area contributed by atoms with E-state index in [0.717, 1.165) is 55.4 Å². The van der Waals surface area contributed by atoms with Crippen LogP contribution in [0, 0.1) is 24.7 Å². The number of carbonyl (C=O) groups excluding carboxylic acids is 3. The molecule has 66 heavy (non-hydrogen) atoms. The number of aryl methyl sites for hydroxylation is 1. The highest BCUT2D eigenvalue weighted by Gasteiger charge is 2.45. The number of methoxy groups -OCH3 is 2. The Morgan fingerprint density at radius 3 is 2.41 bits per heavy atom. The van der Waals surface area contributed by atoms with E-state index < -0.39 is 18.1 Å². The first-order valence-electron chi connectivity index (χ1n) is 23.1. The number of likely N-dealkylation sites (tertiary alicyclic amines) is 1. The van der Waals surface area contributed by atoms with Gasteiger partial charge in [0.15, 0.2) is 28.7 Å². The van der Waals surface area contributed by atoms with Crippen molar-refractivity contribution in [3.63, 3.8) is 0 Å². The lowest BCUT2D eigenvalue weighted by atomic mass is 9.73. The summed E-state index contributed by atoms with van der Waals surface area (Å²) in [6.45, 7) is 5.11. The molecule has 0 radical (unpaired) electrons. The van der Waals surface area contributed by atoms with Crippen LogP contribution in [-0.2, 0) is 9.59 Å². The minimum Gasteiger partial charge on any atom is -0.493 e. The monoisotopic (exact) mass is 897 g/mol. The molecule has 5 heterocycles. The summed E-state index contributed by atoms with van der Waals surface area (Å²) in [7, 11) is 3.22. The third-order valence-electron chi connectivity index (χ3n) is 13.9. The fourth-order valence-corrected chi connectivity index (χ4v) is 10.0. The first kappa shape index (κ1) is 43.1. The Kier molecular flexibility index (Phi) is 11.9. The second-order valence-electron chi connectivity index (χ2n) is 18.0. The van der Waals surface area contributed by atoms with Gasteiger partial charge in [0.2, 0.25) is 18.6 Å². The van der Waals surface area contributed by atoms with Gasteiger partial charge in [0.1, 0.15) is 29.3 Å². The molecule has 2 saturated carbocycles. The van der Waals surface area contributed by atoms with Crippen LogP contribution in [0.2, 0.25) is 0 Å². The number of aromatic nitrogens is 3. The number of rotatable bonds is 13. The number of hydrogen-bond donors (Lipinski definition) is 2. The Bertz CT molecular complexity index is 2680. The molecule has 5 aliphatic rings. The summed E-state index contributed by atoms with van der Waals surface area (Å²) >= 11 is 0. The van der Waals surface area contributed by atoms with E-state index in [9.17, 15) is 14.4 Å². The lowest BCUT2D eigenvalue weighted by Crippen LogP contribution is -2.56. The number of piperidine rings is 1. The van der Waals surface area contributed by atoms with Gasteiger partial charge >= 0.3 is 6.09 Å². The maximum absolute atomic E-state index is 14.7. The van der Waals surface area contributed by atoms with E-state index in [1.807, 2.05) is 67.6 Å². The molecule has 10 rings (SSSR count). The summed E-state index contributed by atoms with van der Waals surface area (Å²) in [4.78, 5) is 57.3. The lowest BCUT2D eigenvalue weighted by molar-refractivity contribution is -0.143. The number of aromatic amines is 1. The van der Waals surface area contributed by atoms with Crippen LogP contribution in [0.15, 0.2) is 72.1 Å². The quantitative estimate of drug-likeness (QED) is 0.118. The highest BCUT2D eigenvalue weighted by atomic mass is 16.7. The van der Waals surface area contributed by atoms with Gasteiger partial charge in [-0.1, -0.05) is 50.1 Å². The van der Waals surface area contributed by atoms with Crippen LogP contribution >= 0.6 is 0 Å². The van der Waals surface area contributed by atoms with Crippen LogP contribution in [0.5, 0.6) is 34.5 Å². The van der Waals surface area contributed by atoms with Crippen molar-refractivity contribution in [2.45, 2.75) is 83.2 Å². The normalized spacial score (nSPS) is 20.3. The molecule has 3 aromatic carbocycles. The predicted octanol–water partition coefficient (Wildman–Crippen LogP) is 7.77. The first-order valence-corrected chi connectivity index (χ1v) is 23.1. The summed E-state index contributed by atoms with van der Waals surface area (Å²) in [6.07, 6.45) is 7.67.